The van der Waals surface area contributed by atoms with Crippen LogP contribution in [0.15, 0.2) is 30.3 Å². The lowest BCUT2D eigenvalue weighted by atomic mass is 10.2. The van der Waals surface area contributed by atoms with E-state index in [9.17, 15) is 4.79 Å². The number of hydrogen-bond acceptors (Lipinski definition) is 5. The molecule has 2 aromatic rings. The number of aromatic nitrogens is 4. The Morgan fingerprint density at radius 2 is 2.11 bits per heavy atom. The first-order chi connectivity index (χ1) is 8.68. The highest BCUT2D eigenvalue weighted by Gasteiger charge is 2.17. The van der Waals surface area contributed by atoms with Gasteiger partial charge in [-0.2, -0.15) is 0 Å². The van der Waals surface area contributed by atoms with E-state index in [1.165, 1.54) is 9.58 Å². The molecular formula is C11H13N5O2. The quantitative estimate of drug-likeness (QED) is 0.808. The first-order valence-electron chi connectivity index (χ1n) is 5.35. The maximum Gasteiger partial charge on any atom is 0.416 e. The lowest BCUT2D eigenvalue weighted by molar-refractivity contribution is 0.148. The zero-order valence-electron chi connectivity index (χ0n) is 10.1. The van der Waals surface area contributed by atoms with Gasteiger partial charge in [-0.3, -0.25) is 0 Å². The summed E-state index contributed by atoms with van der Waals surface area (Å²) in [6.45, 7) is 0.218. The fraction of sp³-hybridized carbons (Fsp3) is 0.273. The predicted octanol–water partition coefficient (Wildman–Crippen LogP) is 0.983. The molecule has 18 heavy (non-hydrogen) atoms. The minimum Gasteiger partial charge on any atom is -0.444 e. The highest BCUT2D eigenvalue weighted by Crippen LogP contribution is 2.07. The first kappa shape index (κ1) is 12.0. The Morgan fingerprint density at radius 1 is 1.39 bits per heavy atom. The molecule has 0 unspecified atom stereocenters. The highest BCUT2D eigenvalue weighted by molar-refractivity contribution is 5.84. The van der Waals surface area contributed by atoms with Gasteiger partial charge in [-0.05, 0) is 16.0 Å². The van der Waals surface area contributed by atoms with Gasteiger partial charge in [-0.25, -0.2) is 14.4 Å². The predicted molar refractivity (Wildman–Crippen MR) is 63.8 cm³/mol. The smallest absolute Gasteiger partial charge is 0.416 e. The summed E-state index contributed by atoms with van der Waals surface area (Å²) in [4.78, 5) is 13.0. The van der Waals surface area contributed by atoms with E-state index in [4.69, 9.17) is 4.74 Å². The van der Waals surface area contributed by atoms with Gasteiger partial charge < -0.3 is 4.74 Å². The molecule has 7 nitrogen and oxygen atoms in total. The number of carbonyl (C=O) groups is 1. The second-order valence-corrected chi connectivity index (χ2v) is 3.70. The van der Waals surface area contributed by atoms with E-state index in [0.717, 1.165) is 5.56 Å². The van der Waals surface area contributed by atoms with Gasteiger partial charge in [0.15, 0.2) is 0 Å². The third kappa shape index (κ3) is 2.62. The summed E-state index contributed by atoms with van der Waals surface area (Å²) >= 11 is 0. The molecule has 0 saturated carbocycles. The largest absolute Gasteiger partial charge is 0.444 e. The fourth-order valence-corrected chi connectivity index (χ4v) is 1.41. The van der Waals surface area contributed by atoms with Crippen molar-refractivity contribution in [1.29, 1.82) is 0 Å². The summed E-state index contributed by atoms with van der Waals surface area (Å²) in [5.74, 6) is 0.327. The van der Waals surface area contributed by atoms with E-state index < -0.39 is 6.09 Å². The molecule has 0 aliphatic carbocycles. The maximum absolute atomic E-state index is 11.8. The van der Waals surface area contributed by atoms with Crippen molar-refractivity contribution in [3.05, 3.63) is 35.9 Å². The lowest BCUT2D eigenvalue weighted by Crippen LogP contribution is -2.29. The monoisotopic (exact) mass is 247 g/mol. The Bertz CT molecular complexity index is 525. The van der Waals surface area contributed by atoms with Crippen LogP contribution in [0.5, 0.6) is 0 Å². The lowest BCUT2D eigenvalue weighted by Gasteiger charge is -2.14. The SMILES string of the molecule is CN(C(=O)OCc1ccccc1)c1nnnn1C. The van der Waals surface area contributed by atoms with E-state index in [1.807, 2.05) is 30.3 Å². The summed E-state index contributed by atoms with van der Waals surface area (Å²) in [5.41, 5.74) is 0.926. The number of amides is 1. The molecule has 0 bridgehead atoms. The standard InChI is InChI=1S/C11H13N5O2/c1-15(10-12-13-14-16(10)2)11(17)18-8-9-6-4-3-5-7-9/h3-7H,8H2,1-2H3. The zero-order chi connectivity index (χ0) is 13.0. The number of anilines is 1. The maximum atomic E-state index is 11.8. The van der Waals surface area contributed by atoms with Crippen molar-refractivity contribution in [2.75, 3.05) is 11.9 Å². The summed E-state index contributed by atoms with van der Waals surface area (Å²) < 4.78 is 6.54. The Kier molecular flexibility index (Phi) is 3.52. The van der Waals surface area contributed by atoms with Gasteiger partial charge in [-0.1, -0.05) is 35.4 Å². The van der Waals surface area contributed by atoms with Crippen LogP contribution in [0, 0.1) is 0 Å². The number of carbonyl (C=O) groups excluding carboxylic acids is 1. The van der Waals surface area contributed by atoms with Gasteiger partial charge in [0.05, 0.1) is 0 Å². The van der Waals surface area contributed by atoms with Crippen LogP contribution in [0.4, 0.5) is 10.7 Å². The van der Waals surface area contributed by atoms with Crippen molar-refractivity contribution in [3.63, 3.8) is 0 Å². The number of aryl methyl sites for hydroxylation is 1. The minimum absolute atomic E-state index is 0.218. The van der Waals surface area contributed by atoms with E-state index in [1.54, 1.807) is 14.1 Å². The number of ether oxygens (including phenoxy) is 1. The van der Waals surface area contributed by atoms with E-state index in [2.05, 4.69) is 15.5 Å². The van der Waals surface area contributed by atoms with Crippen LogP contribution < -0.4 is 4.90 Å². The number of tetrazole rings is 1. The van der Waals surface area contributed by atoms with Crippen molar-refractivity contribution in [2.45, 2.75) is 6.61 Å². The molecule has 94 valence electrons. The van der Waals surface area contributed by atoms with Gasteiger partial charge in [0.2, 0.25) is 0 Å². The van der Waals surface area contributed by atoms with Crippen molar-refractivity contribution in [3.8, 4) is 0 Å². The molecule has 1 heterocycles. The molecule has 1 amide bonds. The van der Waals surface area contributed by atoms with Crippen LogP contribution in [0.1, 0.15) is 5.56 Å². The van der Waals surface area contributed by atoms with Gasteiger partial charge in [0.25, 0.3) is 5.95 Å². The molecule has 0 fully saturated rings. The van der Waals surface area contributed by atoms with E-state index >= 15 is 0 Å². The first-order valence-corrected chi connectivity index (χ1v) is 5.35. The van der Waals surface area contributed by atoms with Crippen molar-refractivity contribution < 1.29 is 9.53 Å². The summed E-state index contributed by atoms with van der Waals surface area (Å²) in [6, 6.07) is 9.45. The van der Waals surface area contributed by atoms with Crippen LogP contribution in [-0.4, -0.2) is 33.3 Å². The molecule has 0 atom stereocenters. The van der Waals surface area contributed by atoms with E-state index in [0.29, 0.717) is 5.95 Å². The zero-order valence-corrected chi connectivity index (χ0v) is 10.1. The molecule has 0 radical (unpaired) electrons. The fourth-order valence-electron chi connectivity index (χ4n) is 1.41. The van der Waals surface area contributed by atoms with Crippen molar-refractivity contribution in [2.24, 2.45) is 7.05 Å². The molecule has 0 aliphatic rings. The second kappa shape index (κ2) is 5.26. The van der Waals surface area contributed by atoms with Crippen LogP contribution in [-0.2, 0) is 18.4 Å². The van der Waals surface area contributed by atoms with Gasteiger partial charge >= 0.3 is 6.09 Å². The Morgan fingerprint density at radius 3 is 2.72 bits per heavy atom. The number of benzene rings is 1. The van der Waals surface area contributed by atoms with Crippen LogP contribution in [0.2, 0.25) is 0 Å². The molecule has 7 heteroatoms. The highest BCUT2D eigenvalue weighted by atomic mass is 16.6. The number of nitrogens with zero attached hydrogens (tertiary/aromatic N) is 5. The molecule has 1 aromatic carbocycles. The minimum atomic E-state index is -0.503. The van der Waals surface area contributed by atoms with Crippen LogP contribution in [0.25, 0.3) is 0 Å². The molecule has 0 aliphatic heterocycles. The molecule has 1 aromatic heterocycles. The average molecular weight is 247 g/mol. The van der Waals surface area contributed by atoms with Crippen molar-refractivity contribution >= 4 is 12.0 Å². The third-order valence-electron chi connectivity index (χ3n) is 2.38. The van der Waals surface area contributed by atoms with Gasteiger partial charge in [0, 0.05) is 14.1 Å². The normalized spacial score (nSPS) is 10.1. The Balaban J connectivity index is 1.95. The van der Waals surface area contributed by atoms with Crippen LogP contribution in [0.3, 0.4) is 0 Å². The van der Waals surface area contributed by atoms with Crippen molar-refractivity contribution in [1.82, 2.24) is 20.2 Å². The Hall–Kier alpha value is -2.44. The summed E-state index contributed by atoms with van der Waals surface area (Å²) in [6.07, 6.45) is -0.503. The van der Waals surface area contributed by atoms with Crippen LogP contribution >= 0.6 is 0 Å². The summed E-state index contributed by atoms with van der Waals surface area (Å²) in [7, 11) is 3.20. The van der Waals surface area contributed by atoms with Gasteiger partial charge in [-0.15, -0.1) is 0 Å². The Labute approximate surface area is 104 Å². The van der Waals surface area contributed by atoms with E-state index in [-0.39, 0.29) is 6.61 Å². The molecule has 0 saturated heterocycles. The molecule has 2 rings (SSSR count). The third-order valence-corrected chi connectivity index (χ3v) is 2.38. The molecule has 0 N–H and O–H groups in total. The average Bonchev–Trinajstić information content (AvgIpc) is 2.82. The molecule has 0 spiro atoms. The van der Waals surface area contributed by atoms with Gasteiger partial charge in [0.1, 0.15) is 6.61 Å². The topological polar surface area (TPSA) is 73.1 Å². The molecular weight excluding hydrogens is 234 g/mol. The number of hydrogen-bond donors (Lipinski definition) is 0. The second-order valence-electron chi connectivity index (χ2n) is 3.70. The number of rotatable bonds is 3. The summed E-state index contributed by atoms with van der Waals surface area (Å²) in [5, 5.41) is 10.8.